The Bertz CT molecular complexity index is 656. The summed E-state index contributed by atoms with van der Waals surface area (Å²) in [5.74, 6) is -0.774. The van der Waals surface area contributed by atoms with E-state index in [9.17, 15) is 4.79 Å². The Hall–Kier alpha value is -1.81. The van der Waals surface area contributed by atoms with Gasteiger partial charge in [-0.2, -0.15) is 0 Å². The summed E-state index contributed by atoms with van der Waals surface area (Å²) in [6.45, 7) is 3.77. The molecule has 4 heteroatoms. The van der Waals surface area contributed by atoms with E-state index < -0.39 is 5.97 Å². The summed E-state index contributed by atoms with van der Waals surface area (Å²) in [4.78, 5) is 11.0. The molecule has 0 spiro atoms. The Morgan fingerprint density at radius 1 is 1.39 bits per heavy atom. The number of carboxylic acids is 1. The third-order valence-corrected chi connectivity index (χ3v) is 3.90. The van der Waals surface area contributed by atoms with E-state index in [1.165, 1.54) is 11.1 Å². The predicted octanol–water partition coefficient (Wildman–Crippen LogP) is 1.72. The zero-order valence-corrected chi connectivity index (χ0v) is 10.6. The van der Waals surface area contributed by atoms with Gasteiger partial charge >= 0.3 is 5.97 Å². The number of aromatic nitrogens is 1. The first-order chi connectivity index (χ1) is 8.58. The molecule has 1 aliphatic heterocycles. The number of hydrogen-bond donors (Lipinski definition) is 2. The molecule has 2 N–H and O–H groups in total. The highest BCUT2D eigenvalue weighted by Crippen LogP contribution is 2.30. The van der Waals surface area contributed by atoms with E-state index in [1.807, 2.05) is 14.0 Å². The normalized spacial score (nSPS) is 14.1. The van der Waals surface area contributed by atoms with E-state index in [1.54, 1.807) is 0 Å². The van der Waals surface area contributed by atoms with Crippen LogP contribution in [0.15, 0.2) is 12.1 Å². The first kappa shape index (κ1) is 11.3. The van der Waals surface area contributed by atoms with Gasteiger partial charge in [0.2, 0.25) is 0 Å². The Morgan fingerprint density at radius 2 is 2.06 bits per heavy atom. The van der Waals surface area contributed by atoms with Gasteiger partial charge in [-0.1, -0.05) is 0 Å². The molecule has 0 aliphatic carbocycles. The highest BCUT2D eigenvalue weighted by atomic mass is 16.4. The lowest BCUT2D eigenvalue weighted by Crippen LogP contribution is -2.02. The summed E-state index contributed by atoms with van der Waals surface area (Å²) >= 11 is 0. The number of aliphatic carboxylic acids is 1. The van der Waals surface area contributed by atoms with Gasteiger partial charge in [-0.25, -0.2) is 0 Å². The van der Waals surface area contributed by atoms with Crippen LogP contribution in [0.3, 0.4) is 0 Å². The maximum absolute atomic E-state index is 11.0. The maximum atomic E-state index is 11.0. The summed E-state index contributed by atoms with van der Waals surface area (Å²) in [6, 6.07) is 4.33. The molecule has 0 radical (unpaired) electrons. The van der Waals surface area contributed by atoms with Crippen LogP contribution in [0, 0.1) is 6.92 Å². The molecule has 94 valence electrons. The van der Waals surface area contributed by atoms with Gasteiger partial charge in [0.05, 0.1) is 6.42 Å². The number of nitrogens with one attached hydrogen (secondary N) is 1. The van der Waals surface area contributed by atoms with Crippen molar-refractivity contribution in [3.8, 4) is 0 Å². The highest BCUT2D eigenvalue weighted by molar-refractivity contribution is 5.90. The summed E-state index contributed by atoms with van der Waals surface area (Å²) in [5.41, 5.74) is 5.73. The van der Waals surface area contributed by atoms with E-state index in [4.69, 9.17) is 5.11 Å². The average molecular weight is 244 g/mol. The Balaban J connectivity index is 2.29. The van der Waals surface area contributed by atoms with E-state index in [0.717, 1.165) is 35.2 Å². The summed E-state index contributed by atoms with van der Waals surface area (Å²) in [5, 5.41) is 13.4. The highest BCUT2D eigenvalue weighted by Gasteiger charge is 2.18. The fraction of sp³-hybridized carbons (Fsp3) is 0.357. The Kier molecular flexibility index (Phi) is 2.41. The van der Waals surface area contributed by atoms with Crippen LogP contribution in [-0.4, -0.2) is 15.6 Å². The molecule has 1 aliphatic rings. The van der Waals surface area contributed by atoms with Crippen molar-refractivity contribution in [1.82, 2.24) is 9.88 Å². The smallest absolute Gasteiger partial charge is 0.307 e. The van der Waals surface area contributed by atoms with Gasteiger partial charge in [-0.3, -0.25) is 4.79 Å². The first-order valence-electron chi connectivity index (χ1n) is 6.10. The number of aryl methyl sites for hydroxylation is 1. The number of carboxylic acid groups (broad SMARTS) is 1. The summed E-state index contributed by atoms with van der Waals surface area (Å²) in [6.07, 6.45) is 0.0926. The lowest BCUT2D eigenvalue weighted by molar-refractivity contribution is -0.136. The van der Waals surface area contributed by atoms with Crippen molar-refractivity contribution in [3.63, 3.8) is 0 Å². The lowest BCUT2D eigenvalue weighted by atomic mass is 10.0. The standard InChI is InChI=1S/C14H16N2O2/c1-8-11(5-14(17)18)12-3-9-6-15-7-10(9)4-13(12)16(8)2/h3-4,15H,5-7H2,1-2H3,(H,17,18). The van der Waals surface area contributed by atoms with Crippen molar-refractivity contribution in [2.45, 2.75) is 26.4 Å². The second-order valence-corrected chi connectivity index (χ2v) is 4.94. The van der Waals surface area contributed by atoms with Crippen molar-refractivity contribution >= 4 is 16.9 Å². The molecule has 1 aromatic carbocycles. The van der Waals surface area contributed by atoms with Gasteiger partial charge in [0.15, 0.2) is 0 Å². The van der Waals surface area contributed by atoms with Crippen LogP contribution < -0.4 is 5.32 Å². The topological polar surface area (TPSA) is 54.3 Å². The Labute approximate surface area is 105 Å². The molecule has 2 aromatic rings. The zero-order valence-electron chi connectivity index (χ0n) is 10.6. The molecule has 3 rings (SSSR count). The van der Waals surface area contributed by atoms with Crippen molar-refractivity contribution in [1.29, 1.82) is 0 Å². The minimum Gasteiger partial charge on any atom is -0.481 e. The molecule has 0 atom stereocenters. The van der Waals surface area contributed by atoms with Crippen LogP contribution in [0.4, 0.5) is 0 Å². The van der Waals surface area contributed by atoms with E-state index >= 15 is 0 Å². The van der Waals surface area contributed by atoms with Crippen LogP contribution in [-0.2, 0) is 31.4 Å². The number of carbonyl (C=O) groups is 1. The molecule has 0 bridgehead atoms. The quantitative estimate of drug-likeness (QED) is 0.845. The monoisotopic (exact) mass is 244 g/mol. The van der Waals surface area contributed by atoms with Crippen molar-refractivity contribution in [2.24, 2.45) is 7.05 Å². The van der Waals surface area contributed by atoms with Crippen LogP contribution in [0.1, 0.15) is 22.4 Å². The average Bonchev–Trinajstić information content (AvgIpc) is 2.86. The SMILES string of the molecule is Cc1c(CC(=O)O)c2cc3c(cc2n1C)CNC3. The van der Waals surface area contributed by atoms with Gasteiger partial charge in [0, 0.05) is 36.7 Å². The maximum Gasteiger partial charge on any atom is 0.307 e. The number of benzene rings is 1. The van der Waals surface area contributed by atoms with E-state index in [-0.39, 0.29) is 6.42 Å². The molecule has 0 saturated heterocycles. The summed E-state index contributed by atoms with van der Waals surface area (Å²) < 4.78 is 2.09. The minimum atomic E-state index is -0.774. The molecular formula is C14H16N2O2. The fourth-order valence-corrected chi connectivity index (χ4v) is 2.81. The van der Waals surface area contributed by atoms with Crippen LogP contribution in [0.25, 0.3) is 10.9 Å². The third-order valence-electron chi connectivity index (χ3n) is 3.90. The van der Waals surface area contributed by atoms with Gasteiger partial charge in [-0.15, -0.1) is 0 Å². The molecule has 0 fully saturated rings. The molecule has 0 saturated carbocycles. The van der Waals surface area contributed by atoms with Crippen LogP contribution in [0.5, 0.6) is 0 Å². The largest absolute Gasteiger partial charge is 0.481 e. The van der Waals surface area contributed by atoms with Crippen molar-refractivity contribution in [3.05, 3.63) is 34.5 Å². The Morgan fingerprint density at radius 3 is 2.72 bits per heavy atom. The molecule has 4 nitrogen and oxygen atoms in total. The van der Waals surface area contributed by atoms with Gasteiger partial charge in [-0.05, 0) is 35.7 Å². The number of hydrogen-bond acceptors (Lipinski definition) is 2. The summed E-state index contributed by atoms with van der Waals surface area (Å²) in [7, 11) is 2.00. The molecular weight excluding hydrogens is 228 g/mol. The molecule has 0 amide bonds. The molecule has 18 heavy (non-hydrogen) atoms. The lowest BCUT2D eigenvalue weighted by Gasteiger charge is -2.01. The van der Waals surface area contributed by atoms with Crippen LogP contribution >= 0.6 is 0 Å². The van der Waals surface area contributed by atoms with E-state index in [0.29, 0.717) is 0 Å². The van der Waals surface area contributed by atoms with Gasteiger partial charge < -0.3 is 15.0 Å². The van der Waals surface area contributed by atoms with Gasteiger partial charge in [0.25, 0.3) is 0 Å². The van der Waals surface area contributed by atoms with Gasteiger partial charge in [0.1, 0.15) is 0 Å². The molecule has 0 unspecified atom stereocenters. The first-order valence-corrected chi connectivity index (χ1v) is 6.10. The third kappa shape index (κ3) is 1.53. The number of fused-ring (bicyclic) bond motifs is 2. The zero-order chi connectivity index (χ0) is 12.9. The number of rotatable bonds is 2. The second kappa shape index (κ2) is 3.85. The van der Waals surface area contributed by atoms with E-state index in [2.05, 4.69) is 22.0 Å². The fourth-order valence-electron chi connectivity index (χ4n) is 2.81. The number of nitrogens with zero attached hydrogens (tertiary/aromatic N) is 1. The second-order valence-electron chi connectivity index (χ2n) is 4.94. The van der Waals surface area contributed by atoms with Crippen molar-refractivity contribution in [2.75, 3.05) is 0 Å². The van der Waals surface area contributed by atoms with Crippen LogP contribution in [0.2, 0.25) is 0 Å². The molecule has 1 aromatic heterocycles. The predicted molar refractivity (Wildman–Crippen MR) is 69.5 cm³/mol. The molecule has 2 heterocycles. The minimum absolute atomic E-state index is 0.0926. The van der Waals surface area contributed by atoms with Crippen molar-refractivity contribution < 1.29 is 9.90 Å².